The van der Waals surface area contributed by atoms with Gasteiger partial charge >= 0.3 is 12.1 Å². The van der Waals surface area contributed by atoms with Crippen molar-refractivity contribution < 1.29 is 22.4 Å². The van der Waals surface area contributed by atoms with Crippen molar-refractivity contribution in [3.63, 3.8) is 0 Å². The van der Waals surface area contributed by atoms with Crippen molar-refractivity contribution in [3.05, 3.63) is 0 Å². The van der Waals surface area contributed by atoms with Gasteiger partial charge in [0.05, 0.1) is 0 Å². The lowest BCUT2D eigenvalue weighted by Crippen LogP contribution is -2.24. The maximum atomic E-state index is 11.0. The molecule has 0 bridgehead atoms. The first-order chi connectivity index (χ1) is 3.48. The molecule has 0 aliphatic rings. The van der Waals surface area contributed by atoms with Gasteiger partial charge in [0, 0.05) is 0 Å². The highest BCUT2D eigenvalue weighted by Crippen LogP contribution is 2.15. The SMILES string of the molecule is O=C(O[SiH3])C(F)(F)F. The number of hydrogen-bond donors (Lipinski definition) is 0. The van der Waals surface area contributed by atoms with E-state index in [-0.39, 0.29) is 10.5 Å². The molecule has 0 saturated heterocycles. The van der Waals surface area contributed by atoms with Gasteiger partial charge in [0.1, 0.15) is 0 Å². The van der Waals surface area contributed by atoms with E-state index in [9.17, 15) is 18.0 Å². The number of halogens is 3. The Morgan fingerprint density at radius 2 is 1.88 bits per heavy atom. The molecule has 0 aliphatic carbocycles. The summed E-state index contributed by atoms with van der Waals surface area (Å²) in [7, 11) is -0.216. The maximum Gasteiger partial charge on any atom is 0.489 e. The van der Waals surface area contributed by atoms with Crippen molar-refractivity contribution in [3.8, 4) is 0 Å². The summed E-state index contributed by atoms with van der Waals surface area (Å²) >= 11 is 0. The second-order valence-corrected chi connectivity index (χ2v) is 1.40. The van der Waals surface area contributed by atoms with E-state index in [4.69, 9.17) is 0 Å². The topological polar surface area (TPSA) is 26.3 Å². The Hall–Kier alpha value is -0.523. The van der Waals surface area contributed by atoms with Crippen LogP contribution in [0.1, 0.15) is 0 Å². The van der Waals surface area contributed by atoms with Crippen molar-refractivity contribution in [2.75, 3.05) is 0 Å². The molecule has 0 heterocycles. The summed E-state index contributed by atoms with van der Waals surface area (Å²) < 4.78 is 36.5. The number of rotatable bonds is 0. The van der Waals surface area contributed by atoms with Crippen LogP contribution in [0.2, 0.25) is 0 Å². The first kappa shape index (κ1) is 7.48. The fourth-order valence-corrected chi connectivity index (χ4v) is 0.347. The highest BCUT2D eigenvalue weighted by molar-refractivity contribution is 6.06. The first-order valence-electron chi connectivity index (χ1n) is 1.63. The number of carbonyl (C=O) groups is 1. The molecule has 8 heavy (non-hydrogen) atoms. The van der Waals surface area contributed by atoms with Crippen LogP contribution < -0.4 is 0 Å². The number of carbonyl (C=O) groups excluding carboxylic acids is 1. The molecule has 0 spiro atoms. The molecule has 2 nitrogen and oxygen atoms in total. The van der Waals surface area contributed by atoms with E-state index in [1.165, 1.54) is 0 Å². The van der Waals surface area contributed by atoms with E-state index in [1.54, 1.807) is 0 Å². The van der Waals surface area contributed by atoms with Crippen LogP contribution in [0.3, 0.4) is 0 Å². The average Bonchev–Trinajstić information content (AvgIpc) is 1.62. The Labute approximate surface area is 46.2 Å². The van der Waals surface area contributed by atoms with Gasteiger partial charge in [-0.1, -0.05) is 0 Å². The van der Waals surface area contributed by atoms with Crippen molar-refractivity contribution >= 4 is 16.5 Å². The zero-order valence-electron chi connectivity index (χ0n) is 3.95. The van der Waals surface area contributed by atoms with Gasteiger partial charge in [0.15, 0.2) is 0 Å². The van der Waals surface area contributed by atoms with E-state index in [1.807, 2.05) is 0 Å². The van der Waals surface area contributed by atoms with E-state index in [2.05, 4.69) is 4.43 Å². The lowest BCUT2D eigenvalue weighted by Gasteiger charge is -2.00. The molecule has 0 aromatic rings. The fraction of sp³-hybridized carbons (Fsp3) is 0.500. The van der Waals surface area contributed by atoms with Gasteiger partial charge < -0.3 is 4.43 Å². The molecule has 0 N–H and O–H groups in total. The molecule has 0 rings (SSSR count). The summed E-state index contributed by atoms with van der Waals surface area (Å²) in [6.45, 7) is 0. The van der Waals surface area contributed by atoms with E-state index in [0.717, 1.165) is 0 Å². The van der Waals surface area contributed by atoms with Crippen LogP contribution in [0.15, 0.2) is 0 Å². The van der Waals surface area contributed by atoms with Gasteiger partial charge in [-0.25, -0.2) is 4.79 Å². The van der Waals surface area contributed by atoms with Crippen molar-refractivity contribution in [2.24, 2.45) is 0 Å². The molecule has 0 radical (unpaired) electrons. The summed E-state index contributed by atoms with van der Waals surface area (Å²) in [5, 5.41) is 0. The van der Waals surface area contributed by atoms with Gasteiger partial charge in [0.2, 0.25) is 10.5 Å². The standard InChI is InChI=1S/C2H3F3O2Si/c3-2(4,5)1(6)7-8/h8H3. The number of alkyl halides is 3. The third-order valence-corrected chi connectivity index (χ3v) is 0.788. The minimum atomic E-state index is -4.82. The molecule has 0 fully saturated rings. The first-order valence-corrected chi connectivity index (χ1v) is 2.45. The molecule has 0 atom stereocenters. The van der Waals surface area contributed by atoms with Gasteiger partial charge in [-0.15, -0.1) is 0 Å². The predicted molar refractivity (Wildman–Crippen MR) is 22.1 cm³/mol. The quantitative estimate of drug-likeness (QED) is 0.423. The summed E-state index contributed by atoms with van der Waals surface area (Å²) in [6.07, 6.45) is -4.82. The Bertz CT molecular complexity index is 97.9. The van der Waals surface area contributed by atoms with Crippen LogP contribution in [0.4, 0.5) is 13.2 Å². The van der Waals surface area contributed by atoms with Gasteiger partial charge in [-0.3, -0.25) is 0 Å². The highest BCUT2D eigenvalue weighted by atomic mass is 28.2. The zero-order chi connectivity index (χ0) is 6.78. The molecular formula is C2H3F3O2Si. The minimum Gasteiger partial charge on any atom is -0.522 e. The predicted octanol–water partition coefficient (Wildman–Crippen LogP) is -0.628. The van der Waals surface area contributed by atoms with Crippen LogP contribution in [0.25, 0.3) is 0 Å². The molecular weight excluding hydrogens is 141 g/mol. The van der Waals surface area contributed by atoms with Crippen LogP contribution in [-0.2, 0) is 9.22 Å². The molecule has 0 amide bonds. The normalized spacial score (nSPS) is 11.4. The molecule has 6 heteroatoms. The van der Waals surface area contributed by atoms with Gasteiger partial charge in [-0.05, 0) is 0 Å². The summed E-state index contributed by atoms with van der Waals surface area (Å²) in [5.41, 5.74) is 0. The minimum absolute atomic E-state index is 0.216. The largest absolute Gasteiger partial charge is 0.522 e. The molecule has 48 valence electrons. The van der Waals surface area contributed by atoms with Crippen molar-refractivity contribution in [1.82, 2.24) is 0 Å². The third-order valence-electron chi connectivity index (χ3n) is 0.417. The molecule has 0 saturated carbocycles. The highest BCUT2D eigenvalue weighted by Gasteiger charge is 2.39. The Morgan fingerprint density at radius 3 is 1.88 bits per heavy atom. The van der Waals surface area contributed by atoms with Crippen molar-refractivity contribution in [2.45, 2.75) is 6.18 Å². The lowest BCUT2D eigenvalue weighted by atomic mass is 10.7. The smallest absolute Gasteiger partial charge is 0.489 e. The Balaban J connectivity index is 3.82. The van der Waals surface area contributed by atoms with Gasteiger partial charge in [-0.2, -0.15) is 13.2 Å². The third kappa shape index (κ3) is 1.96. The average molecular weight is 144 g/mol. The molecule has 0 aromatic heterocycles. The zero-order valence-corrected chi connectivity index (χ0v) is 5.95. The summed E-state index contributed by atoms with van der Waals surface area (Å²) in [6, 6.07) is 0. The second kappa shape index (κ2) is 2.16. The second-order valence-electron chi connectivity index (χ2n) is 0.989. The summed E-state index contributed by atoms with van der Waals surface area (Å²) in [5.74, 6) is -2.11. The van der Waals surface area contributed by atoms with E-state index in [0.29, 0.717) is 0 Å². The lowest BCUT2D eigenvalue weighted by molar-refractivity contribution is -0.189. The van der Waals surface area contributed by atoms with Crippen LogP contribution in [0.5, 0.6) is 0 Å². The monoisotopic (exact) mass is 144 g/mol. The maximum absolute atomic E-state index is 11.0. The van der Waals surface area contributed by atoms with Crippen LogP contribution in [0, 0.1) is 0 Å². The van der Waals surface area contributed by atoms with Crippen molar-refractivity contribution in [1.29, 1.82) is 0 Å². The van der Waals surface area contributed by atoms with E-state index < -0.39 is 12.1 Å². The number of hydrogen-bond acceptors (Lipinski definition) is 2. The fourth-order valence-electron chi connectivity index (χ4n) is 0.116. The van der Waals surface area contributed by atoms with Gasteiger partial charge in [0.25, 0.3) is 0 Å². The van der Waals surface area contributed by atoms with Crippen LogP contribution >= 0.6 is 0 Å². The van der Waals surface area contributed by atoms with E-state index >= 15 is 0 Å². The molecule has 0 unspecified atom stereocenters. The molecule has 0 aromatic carbocycles. The summed E-state index contributed by atoms with van der Waals surface area (Å²) in [4.78, 5) is 9.52. The Kier molecular flexibility index (Phi) is 2.02. The van der Waals surface area contributed by atoms with Crippen LogP contribution in [-0.4, -0.2) is 22.6 Å². The molecule has 0 aliphatic heterocycles. The Morgan fingerprint density at radius 1 is 1.50 bits per heavy atom.